The molecule has 0 radical (unpaired) electrons. The molecule has 0 fully saturated rings. The molecule has 212 valence electrons. The Bertz CT molecular complexity index is 1580. The summed E-state index contributed by atoms with van der Waals surface area (Å²) in [6.45, 7) is 2.18. The Labute approximate surface area is 234 Å². The van der Waals surface area contributed by atoms with Crippen LogP contribution in [0.2, 0.25) is 0 Å². The molecule has 0 bridgehead atoms. The van der Waals surface area contributed by atoms with E-state index in [9.17, 15) is 26.7 Å². The highest BCUT2D eigenvalue weighted by molar-refractivity contribution is 5.68. The molecule has 9 heteroatoms. The molecule has 0 atom stereocenters. The number of benzene rings is 3. The molecule has 3 aromatic carbocycles. The Kier molecular flexibility index (Phi) is 9.17. The lowest BCUT2D eigenvalue weighted by atomic mass is 10.0. The molecule has 0 aliphatic carbocycles. The molecule has 4 nitrogen and oxygen atoms in total. The fourth-order valence-electron chi connectivity index (χ4n) is 4.36. The van der Waals surface area contributed by atoms with E-state index >= 15 is 0 Å². The lowest BCUT2D eigenvalue weighted by Crippen LogP contribution is -2.06. The van der Waals surface area contributed by atoms with E-state index in [2.05, 4.69) is 4.98 Å². The highest BCUT2D eigenvalue weighted by atomic mass is 19.4. The number of alkyl halides is 3. The summed E-state index contributed by atoms with van der Waals surface area (Å²) in [6.07, 6.45) is 3.23. The number of aromatic nitrogens is 2. The van der Waals surface area contributed by atoms with E-state index in [1.54, 1.807) is 36.5 Å². The van der Waals surface area contributed by atoms with Gasteiger partial charge in [-0.15, -0.1) is 0 Å². The second kappa shape index (κ2) is 12.8. The van der Waals surface area contributed by atoms with Crippen molar-refractivity contribution in [2.75, 3.05) is 0 Å². The predicted molar refractivity (Wildman–Crippen MR) is 147 cm³/mol. The Hall–Kier alpha value is -4.53. The number of hydrogen-bond donors (Lipinski definition) is 1. The van der Waals surface area contributed by atoms with Crippen molar-refractivity contribution in [3.63, 3.8) is 0 Å². The number of allylic oxidation sites excluding steroid dienone is 3. The first-order chi connectivity index (χ1) is 19.5. The van der Waals surface area contributed by atoms with Crippen LogP contribution in [0, 0.1) is 11.6 Å². The second-order valence-electron chi connectivity index (χ2n) is 9.43. The van der Waals surface area contributed by atoms with Gasteiger partial charge < -0.3 is 9.67 Å². The molecule has 1 aromatic heterocycles. The van der Waals surface area contributed by atoms with Gasteiger partial charge in [0.1, 0.15) is 17.5 Å². The number of carbonyl (C=O) groups is 1. The molecule has 1 heterocycles. The van der Waals surface area contributed by atoms with Gasteiger partial charge in [-0.2, -0.15) is 13.2 Å². The molecule has 4 rings (SSSR count). The van der Waals surface area contributed by atoms with Gasteiger partial charge in [0, 0.05) is 30.8 Å². The van der Waals surface area contributed by atoms with Gasteiger partial charge in [0.05, 0.1) is 17.7 Å². The van der Waals surface area contributed by atoms with Crippen LogP contribution in [0.1, 0.15) is 30.3 Å². The number of halogens is 5. The van der Waals surface area contributed by atoms with E-state index in [0.717, 1.165) is 35.4 Å². The van der Waals surface area contributed by atoms with E-state index in [1.807, 2.05) is 29.7 Å². The van der Waals surface area contributed by atoms with Gasteiger partial charge in [-0.3, -0.25) is 4.79 Å². The Balaban J connectivity index is 1.56. The smallest absolute Gasteiger partial charge is 0.416 e. The number of aliphatic carboxylic acids is 1. The number of carboxylic acid groups (broad SMARTS) is 1. The fraction of sp³-hybridized carbons (Fsp3) is 0.188. The molecule has 0 saturated heterocycles. The number of hydrogen-bond acceptors (Lipinski definition) is 2. The zero-order chi connectivity index (χ0) is 29.6. The summed E-state index contributed by atoms with van der Waals surface area (Å²) in [5.74, 6) is -1.75. The monoisotopic (exact) mass is 566 g/mol. The second-order valence-corrected chi connectivity index (χ2v) is 9.43. The standard InChI is InChI=1S/C32H27F5N2O2/c1-2-21(5-3-8-31(40)41)19-39-20-29(27-15-14-26(33)18-28(27)34)38-30(39)16-11-22-9-12-23(13-10-22)24-6-4-7-25(17-24)32(35,36)37/h2-7,9-10,12-15,17-18,20H,8,11,16,19H2,1H3,(H,40,41)/b5-3-,21-2+. The maximum atomic E-state index is 14.5. The quantitative estimate of drug-likeness (QED) is 0.155. The maximum absolute atomic E-state index is 14.5. The topological polar surface area (TPSA) is 55.1 Å². The van der Waals surface area contributed by atoms with Crippen molar-refractivity contribution in [3.05, 3.63) is 125 Å². The summed E-state index contributed by atoms with van der Waals surface area (Å²) in [5, 5.41) is 8.92. The van der Waals surface area contributed by atoms with Crippen LogP contribution in [0.5, 0.6) is 0 Å². The molecule has 0 aliphatic heterocycles. The van der Waals surface area contributed by atoms with Crippen molar-refractivity contribution in [2.24, 2.45) is 0 Å². The van der Waals surface area contributed by atoms with Gasteiger partial charge in [-0.25, -0.2) is 13.8 Å². The molecule has 0 amide bonds. The summed E-state index contributed by atoms with van der Waals surface area (Å²) in [6, 6.07) is 15.7. The molecule has 4 aromatic rings. The van der Waals surface area contributed by atoms with E-state index in [4.69, 9.17) is 5.11 Å². The van der Waals surface area contributed by atoms with Gasteiger partial charge in [-0.05, 0) is 59.9 Å². The van der Waals surface area contributed by atoms with E-state index in [0.29, 0.717) is 42.0 Å². The first-order valence-electron chi connectivity index (χ1n) is 12.8. The Morgan fingerprint density at radius 1 is 0.976 bits per heavy atom. The van der Waals surface area contributed by atoms with Crippen LogP contribution in [0.4, 0.5) is 22.0 Å². The molecular weight excluding hydrogens is 539 g/mol. The van der Waals surface area contributed by atoms with E-state index < -0.39 is 29.3 Å². The minimum absolute atomic E-state index is 0.128. The highest BCUT2D eigenvalue weighted by Gasteiger charge is 2.30. The predicted octanol–water partition coefficient (Wildman–Crippen LogP) is 8.28. The molecule has 0 saturated carbocycles. The van der Waals surface area contributed by atoms with Gasteiger partial charge in [0.15, 0.2) is 0 Å². The van der Waals surface area contributed by atoms with Crippen molar-refractivity contribution in [3.8, 4) is 22.4 Å². The van der Waals surface area contributed by atoms with Crippen molar-refractivity contribution >= 4 is 5.97 Å². The van der Waals surface area contributed by atoms with Crippen LogP contribution in [0.25, 0.3) is 22.4 Å². The number of rotatable bonds is 10. The summed E-state index contributed by atoms with van der Waals surface area (Å²) in [4.78, 5) is 15.5. The molecule has 0 unspecified atom stereocenters. The third-order valence-corrected chi connectivity index (χ3v) is 6.53. The molecule has 1 N–H and O–H groups in total. The third-order valence-electron chi connectivity index (χ3n) is 6.53. The van der Waals surface area contributed by atoms with Crippen molar-refractivity contribution in [2.45, 2.75) is 38.9 Å². The number of carboxylic acids is 1. The zero-order valence-electron chi connectivity index (χ0n) is 22.1. The average Bonchev–Trinajstić information content (AvgIpc) is 3.33. The molecule has 0 aliphatic rings. The maximum Gasteiger partial charge on any atom is 0.416 e. The van der Waals surface area contributed by atoms with Gasteiger partial charge >= 0.3 is 12.1 Å². The third kappa shape index (κ3) is 7.78. The first kappa shape index (κ1) is 29.5. The van der Waals surface area contributed by atoms with Crippen LogP contribution in [-0.4, -0.2) is 20.6 Å². The Morgan fingerprint density at radius 3 is 2.39 bits per heavy atom. The van der Waals surface area contributed by atoms with E-state index in [-0.39, 0.29) is 12.0 Å². The average molecular weight is 567 g/mol. The summed E-state index contributed by atoms with van der Waals surface area (Å²) in [5.41, 5.74) is 2.64. The van der Waals surface area contributed by atoms with Crippen molar-refractivity contribution < 1.29 is 31.9 Å². The van der Waals surface area contributed by atoms with Crippen LogP contribution < -0.4 is 0 Å². The van der Waals surface area contributed by atoms with Gasteiger partial charge in [0.25, 0.3) is 0 Å². The normalized spacial score (nSPS) is 12.3. The van der Waals surface area contributed by atoms with Crippen LogP contribution >= 0.6 is 0 Å². The molecular formula is C32H27F5N2O2. The fourth-order valence-corrected chi connectivity index (χ4v) is 4.36. The van der Waals surface area contributed by atoms with E-state index in [1.165, 1.54) is 12.1 Å². The van der Waals surface area contributed by atoms with Crippen molar-refractivity contribution in [1.29, 1.82) is 0 Å². The first-order valence-corrected chi connectivity index (χ1v) is 12.8. The van der Waals surface area contributed by atoms with Crippen LogP contribution in [0.3, 0.4) is 0 Å². The number of nitrogens with zero attached hydrogens (tertiary/aromatic N) is 2. The minimum atomic E-state index is -4.42. The summed E-state index contributed by atoms with van der Waals surface area (Å²) < 4.78 is 69.2. The van der Waals surface area contributed by atoms with Crippen molar-refractivity contribution in [1.82, 2.24) is 9.55 Å². The van der Waals surface area contributed by atoms with Crippen LogP contribution in [-0.2, 0) is 30.4 Å². The largest absolute Gasteiger partial charge is 0.481 e. The minimum Gasteiger partial charge on any atom is -0.481 e. The number of aryl methyl sites for hydroxylation is 2. The summed E-state index contributed by atoms with van der Waals surface area (Å²) >= 11 is 0. The van der Waals surface area contributed by atoms with Gasteiger partial charge in [-0.1, -0.05) is 54.6 Å². The van der Waals surface area contributed by atoms with Crippen LogP contribution in [0.15, 0.2) is 96.7 Å². The lowest BCUT2D eigenvalue weighted by Gasteiger charge is -2.10. The lowest BCUT2D eigenvalue weighted by molar-refractivity contribution is -0.138. The highest BCUT2D eigenvalue weighted by Crippen LogP contribution is 2.32. The molecule has 41 heavy (non-hydrogen) atoms. The van der Waals surface area contributed by atoms with Gasteiger partial charge in [0.2, 0.25) is 0 Å². The number of imidazole rings is 1. The SMILES string of the molecule is C/C=C(\C=C/CC(=O)O)Cn1cc(-c2ccc(F)cc2F)nc1CCc1ccc(-c2cccc(C(F)(F)F)c2)cc1. The molecule has 0 spiro atoms. The summed E-state index contributed by atoms with van der Waals surface area (Å²) in [7, 11) is 0. The Morgan fingerprint density at radius 2 is 1.73 bits per heavy atom. The zero-order valence-corrected chi connectivity index (χ0v) is 22.1.